The molecule has 0 bridgehead atoms. The Bertz CT molecular complexity index is 555. The molecular formula is C16H20N2O3. The Morgan fingerprint density at radius 3 is 2.71 bits per heavy atom. The summed E-state index contributed by atoms with van der Waals surface area (Å²) >= 11 is 0. The Balaban J connectivity index is 1.60. The number of benzene rings is 1. The Morgan fingerprint density at radius 2 is 2.10 bits per heavy atom. The van der Waals surface area contributed by atoms with Gasteiger partial charge in [-0.3, -0.25) is 9.59 Å². The molecule has 5 heteroatoms. The highest BCUT2D eigenvalue weighted by Gasteiger charge is 2.44. The van der Waals surface area contributed by atoms with Crippen molar-refractivity contribution >= 4 is 11.8 Å². The van der Waals surface area contributed by atoms with E-state index in [0.717, 1.165) is 30.7 Å². The van der Waals surface area contributed by atoms with Crippen molar-refractivity contribution in [2.45, 2.75) is 31.2 Å². The zero-order valence-electron chi connectivity index (χ0n) is 12.2. The first-order valence-electron chi connectivity index (χ1n) is 7.32. The first-order chi connectivity index (χ1) is 10.1. The van der Waals surface area contributed by atoms with Crippen LogP contribution in [0.25, 0.3) is 0 Å². The first kappa shape index (κ1) is 13.9. The molecular weight excluding hydrogens is 268 g/mol. The van der Waals surface area contributed by atoms with Crippen LogP contribution in [0.1, 0.15) is 24.8 Å². The highest BCUT2D eigenvalue weighted by molar-refractivity contribution is 5.82. The van der Waals surface area contributed by atoms with Crippen LogP contribution in [-0.2, 0) is 16.0 Å². The maximum atomic E-state index is 12.4. The predicted molar refractivity (Wildman–Crippen MR) is 78.0 cm³/mol. The number of methoxy groups -OCH3 is 1. The summed E-state index contributed by atoms with van der Waals surface area (Å²) in [4.78, 5) is 25.6. The zero-order valence-corrected chi connectivity index (χ0v) is 12.2. The van der Waals surface area contributed by atoms with Gasteiger partial charge in [0.25, 0.3) is 0 Å². The number of nitrogens with one attached hydrogen (secondary N) is 1. The lowest BCUT2D eigenvalue weighted by atomic mass is 9.97. The van der Waals surface area contributed by atoms with E-state index in [4.69, 9.17) is 4.74 Å². The van der Waals surface area contributed by atoms with E-state index in [-0.39, 0.29) is 17.4 Å². The second-order valence-corrected chi connectivity index (χ2v) is 5.92. The SMILES string of the molecule is COc1ccc(CC(=O)N2CC[C@@]3(CCC(=O)N3)C2)cc1. The number of carbonyl (C=O) groups excluding carboxylic acids is 2. The molecule has 1 aromatic carbocycles. The molecule has 0 aliphatic carbocycles. The van der Waals surface area contributed by atoms with Crippen molar-refractivity contribution in [3.05, 3.63) is 29.8 Å². The number of ether oxygens (including phenoxy) is 1. The monoisotopic (exact) mass is 288 g/mol. The highest BCUT2D eigenvalue weighted by atomic mass is 16.5. The van der Waals surface area contributed by atoms with Crippen LogP contribution in [0.4, 0.5) is 0 Å². The number of amides is 2. The molecule has 1 atom stereocenters. The van der Waals surface area contributed by atoms with Crippen LogP contribution in [0, 0.1) is 0 Å². The molecule has 2 heterocycles. The molecule has 3 rings (SSSR count). The van der Waals surface area contributed by atoms with Crippen molar-refractivity contribution in [1.82, 2.24) is 10.2 Å². The fourth-order valence-electron chi connectivity index (χ4n) is 3.19. The van der Waals surface area contributed by atoms with Crippen LogP contribution in [0.2, 0.25) is 0 Å². The lowest BCUT2D eigenvalue weighted by molar-refractivity contribution is -0.130. The van der Waals surface area contributed by atoms with Crippen LogP contribution < -0.4 is 10.1 Å². The number of rotatable bonds is 3. The third-order valence-electron chi connectivity index (χ3n) is 4.46. The van der Waals surface area contributed by atoms with Gasteiger partial charge < -0.3 is 15.0 Å². The maximum Gasteiger partial charge on any atom is 0.227 e. The number of carbonyl (C=O) groups is 2. The topological polar surface area (TPSA) is 58.6 Å². The largest absolute Gasteiger partial charge is 0.497 e. The molecule has 2 aliphatic heterocycles. The van der Waals surface area contributed by atoms with Gasteiger partial charge in [0.15, 0.2) is 0 Å². The Labute approximate surface area is 124 Å². The number of hydrogen-bond acceptors (Lipinski definition) is 3. The van der Waals surface area contributed by atoms with Gasteiger partial charge in [-0.1, -0.05) is 12.1 Å². The minimum absolute atomic E-state index is 0.111. The van der Waals surface area contributed by atoms with Crippen LogP contribution in [-0.4, -0.2) is 42.5 Å². The van der Waals surface area contributed by atoms with Gasteiger partial charge in [0.2, 0.25) is 11.8 Å². The van der Waals surface area contributed by atoms with E-state index in [1.165, 1.54) is 0 Å². The van der Waals surface area contributed by atoms with Crippen molar-refractivity contribution < 1.29 is 14.3 Å². The molecule has 1 spiro atoms. The smallest absolute Gasteiger partial charge is 0.227 e. The van der Waals surface area contributed by atoms with Crippen molar-refractivity contribution in [2.75, 3.05) is 20.2 Å². The van der Waals surface area contributed by atoms with Gasteiger partial charge >= 0.3 is 0 Å². The highest BCUT2D eigenvalue weighted by Crippen LogP contribution is 2.30. The fourth-order valence-corrected chi connectivity index (χ4v) is 3.19. The van der Waals surface area contributed by atoms with Crippen molar-refractivity contribution in [1.29, 1.82) is 0 Å². The summed E-state index contributed by atoms with van der Waals surface area (Å²) in [6.45, 7) is 1.38. The van der Waals surface area contributed by atoms with Gasteiger partial charge in [-0.2, -0.15) is 0 Å². The lowest BCUT2D eigenvalue weighted by Gasteiger charge is -2.24. The molecule has 5 nitrogen and oxygen atoms in total. The van der Waals surface area contributed by atoms with E-state index in [9.17, 15) is 9.59 Å². The van der Waals surface area contributed by atoms with E-state index >= 15 is 0 Å². The Morgan fingerprint density at radius 1 is 1.33 bits per heavy atom. The van der Waals surface area contributed by atoms with Crippen molar-refractivity contribution in [3.8, 4) is 5.75 Å². The average molecular weight is 288 g/mol. The molecule has 112 valence electrons. The Kier molecular flexibility index (Phi) is 3.57. The summed E-state index contributed by atoms with van der Waals surface area (Å²) < 4.78 is 5.11. The van der Waals surface area contributed by atoms with Crippen molar-refractivity contribution in [2.24, 2.45) is 0 Å². The summed E-state index contributed by atoms with van der Waals surface area (Å²) in [5.74, 6) is 1.03. The molecule has 1 N–H and O–H groups in total. The number of nitrogens with zero attached hydrogens (tertiary/aromatic N) is 1. The fraction of sp³-hybridized carbons (Fsp3) is 0.500. The van der Waals surface area contributed by atoms with Gasteiger partial charge in [-0.05, 0) is 30.5 Å². The molecule has 0 unspecified atom stereocenters. The second-order valence-electron chi connectivity index (χ2n) is 5.92. The van der Waals surface area contributed by atoms with Crippen LogP contribution in [0.15, 0.2) is 24.3 Å². The first-order valence-corrected chi connectivity index (χ1v) is 7.32. The quantitative estimate of drug-likeness (QED) is 0.906. The standard InChI is InChI=1S/C16H20N2O3/c1-21-13-4-2-12(3-5-13)10-15(20)18-9-8-16(11-18)7-6-14(19)17-16/h2-5H,6-11H2,1H3,(H,17,19)/t16-/m0/s1. The summed E-state index contributed by atoms with van der Waals surface area (Å²) in [5, 5.41) is 3.04. The van der Waals surface area contributed by atoms with Gasteiger partial charge in [-0.15, -0.1) is 0 Å². The maximum absolute atomic E-state index is 12.4. The van der Waals surface area contributed by atoms with E-state index in [1.54, 1.807) is 7.11 Å². The third kappa shape index (κ3) is 2.86. The number of likely N-dealkylation sites (tertiary alicyclic amines) is 1. The normalized spacial score (nSPS) is 24.4. The summed E-state index contributed by atoms with van der Waals surface area (Å²) in [6.07, 6.45) is 2.69. The minimum Gasteiger partial charge on any atom is -0.497 e. The van der Waals surface area contributed by atoms with Gasteiger partial charge in [0.05, 0.1) is 19.1 Å². The molecule has 2 amide bonds. The van der Waals surface area contributed by atoms with E-state index < -0.39 is 0 Å². The van der Waals surface area contributed by atoms with Crippen molar-refractivity contribution in [3.63, 3.8) is 0 Å². The molecule has 0 saturated carbocycles. The van der Waals surface area contributed by atoms with E-state index in [0.29, 0.717) is 19.4 Å². The molecule has 2 fully saturated rings. The molecule has 2 aliphatic rings. The second kappa shape index (κ2) is 5.39. The molecule has 1 aromatic rings. The zero-order chi connectivity index (χ0) is 14.9. The van der Waals surface area contributed by atoms with Crippen LogP contribution in [0.5, 0.6) is 5.75 Å². The van der Waals surface area contributed by atoms with Crippen LogP contribution >= 0.6 is 0 Å². The molecule has 0 radical (unpaired) electrons. The van der Waals surface area contributed by atoms with Gasteiger partial charge in [-0.25, -0.2) is 0 Å². The number of hydrogen-bond donors (Lipinski definition) is 1. The van der Waals surface area contributed by atoms with E-state index in [2.05, 4.69) is 5.32 Å². The van der Waals surface area contributed by atoms with Gasteiger partial charge in [0, 0.05) is 19.5 Å². The van der Waals surface area contributed by atoms with E-state index in [1.807, 2.05) is 29.2 Å². The molecule has 21 heavy (non-hydrogen) atoms. The minimum atomic E-state index is -0.160. The van der Waals surface area contributed by atoms with Crippen LogP contribution in [0.3, 0.4) is 0 Å². The molecule has 0 aromatic heterocycles. The Hall–Kier alpha value is -2.04. The lowest BCUT2D eigenvalue weighted by Crippen LogP contribution is -2.45. The third-order valence-corrected chi connectivity index (χ3v) is 4.46. The summed E-state index contributed by atoms with van der Waals surface area (Å²) in [7, 11) is 1.62. The predicted octanol–water partition coefficient (Wildman–Crippen LogP) is 1.12. The summed E-state index contributed by atoms with van der Waals surface area (Å²) in [6, 6.07) is 7.57. The summed E-state index contributed by atoms with van der Waals surface area (Å²) in [5.41, 5.74) is 0.823. The van der Waals surface area contributed by atoms with Gasteiger partial charge in [0.1, 0.15) is 5.75 Å². The average Bonchev–Trinajstić information content (AvgIpc) is 3.07. The molecule has 2 saturated heterocycles.